The van der Waals surface area contributed by atoms with Crippen molar-refractivity contribution in [3.05, 3.63) is 35.5 Å². The number of benzene rings is 1. The van der Waals surface area contributed by atoms with Gasteiger partial charge in [0.15, 0.2) is 0 Å². The van der Waals surface area contributed by atoms with Crippen molar-refractivity contribution < 1.29 is 14.3 Å². The summed E-state index contributed by atoms with van der Waals surface area (Å²) in [5, 5.41) is 1.26. The van der Waals surface area contributed by atoms with Gasteiger partial charge in [-0.2, -0.15) is 0 Å². The molecule has 3 heterocycles. The van der Waals surface area contributed by atoms with Gasteiger partial charge in [-0.25, -0.2) is 0 Å². The second kappa shape index (κ2) is 6.45. The smallest absolute Gasteiger partial charge is 0.305 e. The summed E-state index contributed by atoms with van der Waals surface area (Å²) in [5.41, 5.74) is 3.57. The molecule has 5 nitrogen and oxygen atoms in total. The highest BCUT2D eigenvalue weighted by Crippen LogP contribution is 2.54. The first-order valence-corrected chi connectivity index (χ1v) is 9.55. The second-order valence-corrected chi connectivity index (χ2v) is 7.59. The molecule has 0 radical (unpaired) electrons. The number of H-pyrrole nitrogens is 1. The number of ether oxygens (including phenoxy) is 1. The molecule has 2 aliphatic heterocycles. The number of para-hydroxylation sites is 1. The Bertz CT molecular complexity index is 856. The molecule has 1 fully saturated rings. The van der Waals surface area contributed by atoms with E-state index in [1.165, 1.54) is 23.8 Å². The molecule has 5 heteroatoms. The molecule has 1 aromatic heterocycles. The molecule has 2 aromatic rings. The summed E-state index contributed by atoms with van der Waals surface area (Å²) in [7, 11) is 1.44. The number of hydrogen-bond acceptors (Lipinski definition) is 3. The number of carbonyl (C=O) groups excluding carboxylic acids is 2. The lowest BCUT2D eigenvalue weighted by atomic mass is 9.65. The van der Waals surface area contributed by atoms with Gasteiger partial charge in [0.25, 0.3) is 0 Å². The van der Waals surface area contributed by atoms with Crippen LogP contribution in [0.2, 0.25) is 0 Å². The molecule has 1 amide bonds. The average molecular weight is 354 g/mol. The Hall–Kier alpha value is -2.30. The van der Waals surface area contributed by atoms with Crippen LogP contribution in [0.5, 0.6) is 0 Å². The van der Waals surface area contributed by atoms with Gasteiger partial charge in [0.05, 0.1) is 13.2 Å². The topological polar surface area (TPSA) is 62.4 Å². The molecule has 138 valence electrons. The van der Waals surface area contributed by atoms with Gasteiger partial charge in [-0.15, -0.1) is 0 Å². The summed E-state index contributed by atoms with van der Waals surface area (Å²) < 4.78 is 4.88. The van der Waals surface area contributed by atoms with E-state index in [4.69, 9.17) is 4.74 Å². The number of amides is 1. The molecule has 2 aliphatic rings. The number of nitrogens with one attached hydrogen (secondary N) is 1. The van der Waals surface area contributed by atoms with Crippen molar-refractivity contribution in [2.24, 2.45) is 5.41 Å². The van der Waals surface area contributed by atoms with Gasteiger partial charge in [0, 0.05) is 36.0 Å². The highest BCUT2D eigenvalue weighted by molar-refractivity contribution is 5.86. The van der Waals surface area contributed by atoms with E-state index in [1.807, 2.05) is 6.07 Å². The van der Waals surface area contributed by atoms with Gasteiger partial charge in [-0.1, -0.05) is 25.1 Å². The van der Waals surface area contributed by atoms with Gasteiger partial charge in [-0.05, 0) is 42.7 Å². The lowest BCUT2D eigenvalue weighted by molar-refractivity contribution is -0.147. The van der Waals surface area contributed by atoms with Crippen molar-refractivity contribution >= 4 is 22.8 Å². The van der Waals surface area contributed by atoms with Crippen LogP contribution in [0.3, 0.4) is 0 Å². The fourth-order valence-corrected chi connectivity index (χ4v) is 5.04. The molecule has 0 saturated carbocycles. The zero-order valence-electron chi connectivity index (χ0n) is 15.5. The summed E-state index contributed by atoms with van der Waals surface area (Å²) >= 11 is 0. The number of methoxy groups -OCH3 is 1. The molecule has 26 heavy (non-hydrogen) atoms. The van der Waals surface area contributed by atoms with Crippen LogP contribution in [-0.4, -0.2) is 35.4 Å². The van der Waals surface area contributed by atoms with E-state index in [9.17, 15) is 9.59 Å². The fourth-order valence-electron chi connectivity index (χ4n) is 5.04. The molecule has 1 N–H and O–H groups in total. The lowest BCUT2D eigenvalue weighted by Crippen LogP contribution is -2.52. The quantitative estimate of drug-likeness (QED) is 0.851. The Morgan fingerprint density at radius 2 is 2.15 bits per heavy atom. The minimum Gasteiger partial charge on any atom is -0.469 e. The zero-order valence-corrected chi connectivity index (χ0v) is 15.5. The molecule has 1 aromatic carbocycles. The molecule has 1 saturated heterocycles. The summed E-state index contributed by atoms with van der Waals surface area (Å²) in [4.78, 5) is 30.2. The summed E-state index contributed by atoms with van der Waals surface area (Å²) in [6.45, 7) is 2.94. The third kappa shape index (κ3) is 2.52. The Morgan fingerprint density at radius 1 is 1.35 bits per heavy atom. The predicted octanol–water partition coefficient (Wildman–Crippen LogP) is 3.74. The summed E-state index contributed by atoms with van der Waals surface area (Å²) in [6.07, 6.45) is 4.37. The lowest BCUT2D eigenvalue weighted by Gasteiger charge is -2.51. The Balaban J connectivity index is 1.81. The van der Waals surface area contributed by atoms with Gasteiger partial charge in [0.2, 0.25) is 5.91 Å². The maximum absolute atomic E-state index is 12.7. The summed E-state index contributed by atoms with van der Waals surface area (Å²) in [6, 6.07) is 8.39. The standard InChI is InChI=1S/C21H26N2O3/c1-3-21(12-9-18(25)26-2)11-8-17(24)23-13-10-15-14-6-4-5-7-16(14)22-19(15)20(21)23/h4-7,20,22H,3,8-13H2,1-2H3/t20-,21-/m0/s1. The third-order valence-corrected chi connectivity index (χ3v) is 6.53. The van der Waals surface area contributed by atoms with Crippen LogP contribution in [0.15, 0.2) is 24.3 Å². The maximum Gasteiger partial charge on any atom is 0.305 e. The van der Waals surface area contributed by atoms with E-state index in [0.29, 0.717) is 12.8 Å². The number of aromatic nitrogens is 1. The van der Waals surface area contributed by atoms with E-state index in [-0.39, 0.29) is 23.3 Å². The average Bonchev–Trinajstić information content (AvgIpc) is 3.06. The Morgan fingerprint density at radius 3 is 2.92 bits per heavy atom. The normalized spacial score (nSPS) is 25.1. The third-order valence-electron chi connectivity index (χ3n) is 6.53. The van der Waals surface area contributed by atoms with E-state index >= 15 is 0 Å². The van der Waals surface area contributed by atoms with Crippen LogP contribution in [-0.2, 0) is 20.7 Å². The molecule has 0 unspecified atom stereocenters. The molecule has 0 aliphatic carbocycles. The molecular weight excluding hydrogens is 328 g/mol. The Kier molecular flexibility index (Phi) is 4.25. The van der Waals surface area contributed by atoms with Crippen LogP contribution in [0.4, 0.5) is 0 Å². The SMILES string of the molecule is CC[C@@]1(CCC(=O)OC)CCC(=O)N2CCc3c([nH]c4ccccc34)[C@H]21. The minimum atomic E-state index is -0.172. The molecular formula is C21H26N2O3. The van der Waals surface area contributed by atoms with Crippen molar-refractivity contribution in [3.63, 3.8) is 0 Å². The second-order valence-electron chi connectivity index (χ2n) is 7.59. The number of fused-ring (bicyclic) bond motifs is 5. The number of hydrogen-bond donors (Lipinski definition) is 1. The first-order valence-electron chi connectivity index (χ1n) is 9.55. The number of carbonyl (C=O) groups is 2. The molecule has 4 rings (SSSR count). The van der Waals surface area contributed by atoms with E-state index in [1.54, 1.807) is 0 Å². The first kappa shape index (κ1) is 17.1. The highest BCUT2D eigenvalue weighted by Gasteiger charge is 2.50. The van der Waals surface area contributed by atoms with Crippen molar-refractivity contribution in [3.8, 4) is 0 Å². The van der Waals surface area contributed by atoms with Crippen molar-refractivity contribution in [1.29, 1.82) is 0 Å². The number of esters is 1. The highest BCUT2D eigenvalue weighted by atomic mass is 16.5. The predicted molar refractivity (Wildman–Crippen MR) is 99.7 cm³/mol. The Labute approximate surface area is 153 Å². The minimum absolute atomic E-state index is 0.0227. The van der Waals surface area contributed by atoms with Crippen molar-refractivity contribution in [1.82, 2.24) is 9.88 Å². The number of aromatic amines is 1. The van der Waals surface area contributed by atoms with E-state index in [2.05, 4.69) is 35.0 Å². The van der Waals surface area contributed by atoms with Crippen LogP contribution in [0.25, 0.3) is 10.9 Å². The van der Waals surface area contributed by atoms with Gasteiger partial charge in [0.1, 0.15) is 0 Å². The van der Waals surface area contributed by atoms with E-state index < -0.39 is 0 Å². The molecule has 2 atom stereocenters. The summed E-state index contributed by atoms with van der Waals surface area (Å²) in [5.74, 6) is 0.0652. The molecule has 0 bridgehead atoms. The number of piperidine rings is 1. The van der Waals surface area contributed by atoms with Crippen LogP contribution < -0.4 is 0 Å². The maximum atomic E-state index is 12.7. The monoisotopic (exact) mass is 354 g/mol. The van der Waals surface area contributed by atoms with Crippen LogP contribution >= 0.6 is 0 Å². The first-order chi connectivity index (χ1) is 12.6. The molecule has 0 spiro atoms. The van der Waals surface area contributed by atoms with Crippen molar-refractivity contribution in [2.75, 3.05) is 13.7 Å². The van der Waals surface area contributed by atoms with Crippen molar-refractivity contribution in [2.45, 2.75) is 51.5 Å². The van der Waals surface area contributed by atoms with Gasteiger partial charge in [-0.3, -0.25) is 9.59 Å². The van der Waals surface area contributed by atoms with E-state index in [0.717, 1.165) is 37.7 Å². The zero-order chi connectivity index (χ0) is 18.3. The van der Waals surface area contributed by atoms with Crippen LogP contribution in [0.1, 0.15) is 56.3 Å². The fraction of sp³-hybridized carbons (Fsp3) is 0.524. The van der Waals surface area contributed by atoms with Gasteiger partial charge < -0.3 is 14.6 Å². The number of nitrogens with zero attached hydrogens (tertiary/aromatic N) is 1. The number of rotatable bonds is 4. The van der Waals surface area contributed by atoms with Gasteiger partial charge >= 0.3 is 5.97 Å². The largest absolute Gasteiger partial charge is 0.469 e. The van der Waals surface area contributed by atoms with Crippen LogP contribution in [0, 0.1) is 5.41 Å².